The van der Waals surface area contributed by atoms with E-state index in [1.54, 1.807) is 0 Å². The molecular weight excluding hydrogens is 472 g/mol. The van der Waals surface area contributed by atoms with E-state index in [9.17, 15) is 52.7 Å². The summed E-state index contributed by atoms with van der Waals surface area (Å²) in [6.07, 6.45) is -3.47. The zero-order valence-electron chi connectivity index (χ0n) is 14.8. The van der Waals surface area contributed by atoms with E-state index < -0.39 is 98.1 Å². The Kier molecular flexibility index (Phi) is 5.58. The van der Waals surface area contributed by atoms with E-state index in [2.05, 4.69) is 0 Å². The Morgan fingerprint density at radius 1 is 0.625 bits per heavy atom. The van der Waals surface area contributed by atoms with Crippen LogP contribution in [0.3, 0.4) is 0 Å². The molecule has 0 saturated heterocycles. The normalized spacial score (nSPS) is 18.6. The fraction of sp³-hybridized carbons (Fsp3) is 0.111. The molecule has 0 saturated carbocycles. The lowest BCUT2D eigenvalue weighted by molar-refractivity contribution is 0.192. The van der Waals surface area contributed by atoms with Crippen molar-refractivity contribution in [1.82, 2.24) is 0 Å². The van der Waals surface area contributed by atoms with E-state index in [1.807, 2.05) is 0 Å². The molecule has 1 aliphatic carbocycles. The van der Waals surface area contributed by atoms with Crippen molar-refractivity contribution >= 4 is 5.57 Å². The standard InChI is InChI=1S/C18H6F12N2/c19-3-1-2(7(20)15(28)8(3)21)4-9(22)11(24)5(12(25)10(4)23)6-13(26)16(29)18(31,32)17(30)14(6)27/h1,16H,31-32H2. The van der Waals surface area contributed by atoms with Crippen molar-refractivity contribution in [2.75, 3.05) is 0 Å². The van der Waals surface area contributed by atoms with Gasteiger partial charge in [0, 0.05) is 5.56 Å². The van der Waals surface area contributed by atoms with Gasteiger partial charge >= 0.3 is 0 Å². The van der Waals surface area contributed by atoms with Gasteiger partial charge in [-0.25, -0.2) is 52.7 Å². The Morgan fingerprint density at radius 2 is 1.09 bits per heavy atom. The molecule has 2 aromatic rings. The maximum atomic E-state index is 14.5. The zero-order chi connectivity index (χ0) is 24.4. The predicted octanol–water partition coefficient (Wildman–Crippen LogP) is 5.26. The van der Waals surface area contributed by atoms with Crippen LogP contribution in [-0.4, -0.2) is 11.8 Å². The topological polar surface area (TPSA) is 52.0 Å². The average molecular weight is 478 g/mol. The van der Waals surface area contributed by atoms with E-state index in [0.29, 0.717) is 0 Å². The molecule has 14 heteroatoms. The number of hydrogen-bond donors (Lipinski definition) is 2. The highest BCUT2D eigenvalue weighted by molar-refractivity contribution is 5.84. The smallest absolute Gasteiger partial charge is 0.198 e. The molecule has 1 aliphatic rings. The lowest BCUT2D eigenvalue weighted by Crippen LogP contribution is -2.59. The van der Waals surface area contributed by atoms with Gasteiger partial charge in [-0.2, -0.15) is 0 Å². The molecule has 4 N–H and O–H groups in total. The molecule has 172 valence electrons. The van der Waals surface area contributed by atoms with Crippen LogP contribution < -0.4 is 11.5 Å². The van der Waals surface area contributed by atoms with Gasteiger partial charge < -0.3 is 11.5 Å². The van der Waals surface area contributed by atoms with E-state index in [1.165, 1.54) is 0 Å². The average Bonchev–Trinajstić information content (AvgIpc) is 2.74. The SMILES string of the molecule is NC1(N)C(F)=C(F)C(c2c(F)c(F)c(-c3cc(F)c(F)c(F)c3F)c(F)c2F)=C(F)C1F. The summed E-state index contributed by atoms with van der Waals surface area (Å²) in [5.41, 5.74) is -2.39. The predicted molar refractivity (Wildman–Crippen MR) is 84.8 cm³/mol. The Bertz CT molecular complexity index is 1200. The van der Waals surface area contributed by atoms with Gasteiger partial charge in [-0.3, -0.25) is 0 Å². The molecule has 3 rings (SSSR count). The van der Waals surface area contributed by atoms with E-state index >= 15 is 0 Å². The summed E-state index contributed by atoms with van der Waals surface area (Å²) < 4.78 is 168. The number of benzene rings is 2. The quantitative estimate of drug-likeness (QED) is 0.268. The van der Waals surface area contributed by atoms with E-state index in [4.69, 9.17) is 11.5 Å². The highest BCUT2D eigenvalue weighted by atomic mass is 19.2. The molecule has 0 aliphatic heterocycles. The lowest BCUT2D eigenvalue weighted by atomic mass is 9.87. The molecule has 0 bridgehead atoms. The maximum absolute atomic E-state index is 14.5. The molecule has 0 radical (unpaired) electrons. The van der Waals surface area contributed by atoms with Crippen LogP contribution in [0.4, 0.5) is 52.7 Å². The summed E-state index contributed by atoms with van der Waals surface area (Å²) >= 11 is 0. The first-order chi connectivity index (χ1) is 14.7. The van der Waals surface area contributed by atoms with Gasteiger partial charge in [0.05, 0.1) is 16.7 Å². The summed E-state index contributed by atoms with van der Waals surface area (Å²) in [4.78, 5) is 0. The number of rotatable bonds is 2. The number of nitrogens with two attached hydrogens (primary N) is 2. The first-order valence-corrected chi connectivity index (χ1v) is 8.03. The summed E-state index contributed by atoms with van der Waals surface area (Å²) in [7, 11) is 0. The van der Waals surface area contributed by atoms with Crippen molar-refractivity contribution in [1.29, 1.82) is 0 Å². The van der Waals surface area contributed by atoms with Crippen LogP contribution in [0.5, 0.6) is 0 Å². The largest absolute Gasteiger partial charge is 0.305 e. The molecule has 0 fully saturated rings. The summed E-state index contributed by atoms with van der Waals surface area (Å²) in [5, 5.41) is 0. The van der Waals surface area contributed by atoms with Gasteiger partial charge in [-0.15, -0.1) is 0 Å². The van der Waals surface area contributed by atoms with Crippen LogP contribution in [0, 0.1) is 46.5 Å². The van der Waals surface area contributed by atoms with Crippen molar-refractivity contribution in [3.63, 3.8) is 0 Å². The Balaban J connectivity index is 2.40. The van der Waals surface area contributed by atoms with Crippen molar-refractivity contribution < 1.29 is 52.7 Å². The fourth-order valence-electron chi connectivity index (χ4n) is 2.92. The third-order valence-electron chi connectivity index (χ3n) is 4.56. The van der Waals surface area contributed by atoms with Gasteiger partial charge in [0.1, 0.15) is 5.83 Å². The second-order valence-corrected chi connectivity index (χ2v) is 6.50. The first kappa shape index (κ1) is 23.7. The van der Waals surface area contributed by atoms with E-state index in [0.717, 1.165) is 0 Å². The Labute approximate surface area is 169 Å². The highest BCUT2D eigenvalue weighted by Crippen LogP contribution is 2.46. The van der Waals surface area contributed by atoms with Gasteiger partial charge in [0.2, 0.25) is 0 Å². The number of allylic oxidation sites excluding steroid dienone is 2. The molecule has 0 heterocycles. The minimum atomic E-state index is -3.48. The minimum absolute atomic E-state index is 0.358. The minimum Gasteiger partial charge on any atom is -0.305 e. The van der Waals surface area contributed by atoms with Crippen LogP contribution in [0.15, 0.2) is 23.5 Å². The molecule has 1 atom stereocenters. The van der Waals surface area contributed by atoms with Gasteiger partial charge in [-0.1, -0.05) is 0 Å². The van der Waals surface area contributed by atoms with Crippen LogP contribution in [0.2, 0.25) is 0 Å². The van der Waals surface area contributed by atoms with Crippen molar-refractivity contribution in [3.05, 3.63) is 75.6 Å². The fourth-order valence-corrected chi connectivity index (χ4v) is 2.92. The second-order valence-electron chi connectivity index (χ2n) is 6.50. The molecule has 0 amide bonds. The molecule has 0 aromatic heterocycles. The summed E-state index contributed by atoms with van der Waals surface area (Å²) in [5.74, 6) is -28.2. The Hall–Kier alpha value is -3.00. The molecule has 0 spiro atoms. The van der Waals surface area contributed by atoms with Crippen molar-refractivity contribution in [2.24, 2.45) is 11.5 Å². The molecule has 2 nitrogen and oxygen atoms in total. The molecule has 32 heavy (non-hydrogen) atoms. The monoisotopic (exact) mass is 478 g/mol. The lowest BCUT2D eigenvalue weighted by Gasteiger charge is -2.31. The molecule has 1 unspecified atom stereocenters. The number of halogens is 12. The van der Waals surface area contributed by atoms with Crippen LogP contribution in [-0.2, 0) is 0 Å². The number of alkyl halides is 1. The second kappa shape index (κ2) is 7.55. The summed E-state index contributed by atoms with van der Waals surface area (Å²) in [6, 6.07) is -0.358. The first-order valence-electron chi connectivity index (χ1n) is 8.03. The third-order valence-corrected chi connectivity index (χ3v) is 4.56. The van der Waals surface area contributed by atoms with Crippen LogP contribution >= 0.6 is 0 Å². The number of hydrogen-bond acceptors (Lipinski definition) is 2. The van der Waals surface area contributed by atoms with Gasteiger partial charge in [-0.05, 0) is 6.07 Å². The van der Waals surface area contributed by atoms with Gasteiger partial charge in [0.25, 0.3) is 0 Å². The van der Waals surface area contributed by atoms with Crippen LogP contribution in [0.1, 0.15) is 5.56 Å². The molecular formula is C18H6F12N2. The molecule has 2 aromatic carbocycles. The zero-order valence-corrected chi connectivity index (χ0v) is 14.8. The summed E-state index contributed by atoms with van der Waals surface area (Å²) in [6.45, 7) is 0. The Morgan fingerprint density at radius 3 is 1.59 bits per heavy atom. The van der Waals surface area contributed by atoms with E-state index in [-0.39, 0.29) is 6.07 Å². The van der Waals surface area contributed by atoms with Crippen molar-refractivity contribution in [2.45, 2.75) is 11.8 Å². The van der Waals surface area contributed by atoms with Crippen LogP contribution in [0.25, 0.3) is 16.7 Å². The third kappa shape index (κ3) is 3.08. The maximum Gasteiger partial charge on any atom is 0.198 e. The van der Waals surface area contributed by atoms with Gasteiger partial charge in [0.15, 0.2) is 70.0 Å². The highest BCUT2D eigenvalue weighted by Gasteiger charge is 2.49. The van der Waals surface area contributed by atoms with Crippen molar-refractivity contribution in [3.8, 4) is 11.1 Å².